The van der Waals surface area contributed by atoms with Crippen molar-refractivity contribution in [1.82, 2.24) is 20.2 Å². The lowest BCUT2D eigenvalue weighted by Gasteiger charge is -2.09. The number of methoxy groups -OCH3 is 1. The van der Waals surface area contributed by atoms with Crippen LogP contribution in [0.3, 0.4) is 0 Å². The lowest BCUT2D eigenvalue weighted by molar-refractivity contribution is 0.102. The molecule has 0 bridgehead atoms. The van der Waals surface area contributed by atoms with Crippen LogP contribution in [0.15, 0.2) is 42.5 Å². The first-order chi connectivity index (χ1) is 12.1. The number of nitrogens with one attached hydrogen (secondary N) is 1. The van der Waals surface area contributed by atoms with E-state index >= 15 is 0 Å². The molecule has 1 heterocycles. The third-order valence-corrected chi connectivity index (χ3v) is 4.18. The quantitative estimate of drug-likeness (QED) is 0.456. The van der Waals surface area contributed by atoms with E-state index in [2.05, 4.69) is 43.4 Å². The van der Waals surface area contributed by atoms with Crippen molar-refractivity contribution in [3.05, 3.63) is 57.2 Å². The number of hydrogen-bond donors (Lipinski definition) is 2. The standard InChI is InChI=1S/C16H15IN6O2/c1-25-12-5-2-10(3-6-12)9-23-16(20-21-22-23)19-15(24)13-8-11(17)4-7-14(13)18/h2-8H,9,18H2,1H3,(H,19,20,22,24). The number of halogens is 1. The highest BCUT2D eigenvalue weighted by molar-refractivity contribution is 14.1. The van der Waals surface area contributed by atoms with Crippen molar-refractivity contribution in [2.75, 3.05) is 18.2 Å². The summed E-state index contributed by atoms with van der Waals surface area (Å²) in [6.45, 7) is 0.411. The summed E-state index contributed by atoms with van der Waals surface area (Å²) in [5, 5.41) is 14.1. The second-order valence-electron chi connectivity index (χ2n) is 5.19. The Morgan fingerprint density at radius 2 is 2.04 bits per heavy atom. The Kier molecular flexibility index (Phi) is 5.12. The number of rotatable bonds is 5. The Labute approximate surface area is 157 Å². The van der Waals surface area contributed by atoms with Crippen LogP contribution in [0, 0.1) is 3.57 Å². The van der Waals surface area contributed by atoms with Crippen molar-refractivity contribution in [2.24, 2.45) is 0 Å². The maximum absolute atomic E-state index is 12.5. The van der Waals surface area contributed by atoms with Crippen molar-refractivity contribution >= 4 is 40.1 Å². The number of nitrogens with zero attached hydrogens (tertiary/aromatic N) is 4. The van der Waals surface area contributed by atoms with Crippen molar-refractivity contribution in [1.29, 1.82) is 0 Å². The van der Waals surface area contributed by atoms with Gasteiger partial charge in [-0.15, -0.1) is 0 Å². The molecule has 3 aromatic rings. The van der Waals surface area contributed by atoms with E-state index in [1.54, 1.807) is 19.2 Å². The molecule has 0 saturated carbocycles. The zero-order chi connectivity index (χ0) is 17.8. The molecular weight excluding hydrogens is 435 g/mol. The molecule has 0 aliphatic carbocycles. The largest absolute Gasteiger partial charge is 0.497 e. The predicted molar refractivity (Wildman–Crippen MR) is 101 cm³/mol. The summed E-state index contributed by atoms with van der Waals surface area (Å²) >= 11 is 2.12. The van der Waals surface area contributed by atoms with E-state index in [0.29, 0.717) is 17.8 Å². The van der Waals surface area contributed by atoms with E-state index in [1.807, 2.05) is 30.3 Å². The molecule has 0 spiro atoms. The molecule has 1 amide bonds. The van der Waals surface area contributed by atoms with E-state index in [1.165, 1.54) is 4.68 Å². The lowest BCUT2D eigenvalue weighted by Crippen LogP contribution is -2.18. The molecule has 0 fully saturated rings. The van der Waals surface area contributed by atoms with Gasteiger partial charge < -0.3 is 10.5 Å². The number of carbonyl (C=O) groups is 1. The molecule has 3 N–H and O–H groups in total. The first-order valence-corrected chi connectivity index (χ1v) is 8.40. The first kappa shape index (κ1) is 17.1. The highest BCUT2D eigenvalue weighted by Gasteiger charge is 2.15. The summed E-state index contributed by atoms with van der Waals surface area (Å²) in [6.07, 6.45) is 0. The van der Waals surface area contributed by atoms with Crippen LogP contribution in [0.4, 0.5) is 11.6 Å². The van der Waals surface area contributed by atoms with E-state index in [4.69, 9.17) is 10.5 Å². The Morgan fingerprint density at radius 3 is 2.76 bits per heavy atom. The Hall–Kier alpha value is -2.69. The van der Waals surface area contributed by atoms with Crippen LogP contribution in [0.25, 0.3) is 0 Å². The third kappa shape index (κ3) is 4.05. The van der Waals surface area contributed by atoms with E-state index < -0.39 is 0 Å². The zero-order valence-electron chi connectivity index (χ0n) is 13.3. The van der Waals surface area contributed by atoms with Gasteiger partial charge in [0.1, 0.15) is 5.75 Å². The van der Waals surface area contributed by atoms with E-state index in [0.717, 1.165) is 14.9 Å². The molecule has 3 rings (SSSR count). The highest BCUT2D eigenvalue weighted by atomic mass is 127. The van der Waals surface area contributed by atoms with Crippen LogP contribution in [-0.4, -0.2) is 33.2 Å². The molecule has 8 nitrogen and oxygen atoms in total. The third-order valence-electron chi connectivity index (χ3n) is 3.51. The Balaban J connectivity index is 1.77. The maximum atomic E-state index is 12.5. The highest BCUT2D eigenvalue weighted by Crippen LogP contribution is 2.18. The number of benzene rings is 2. The fourth-order valence-corrected chi connectivity index (χ4v) is 2.69. The lowest BCUT2D eigenvalue weighted by atomic mass is 10.2. The number of aromatic nitrogens is 4. The van der Waals surface area contributed by atoms with E-state index in [-0.39, 0.29) is 11.9 Å². The number of ether oxygens (including phenoxy) is 1. The van der Waals surface area contributed by atoms with Crippen molar-refractivity contribution < 1.29 is 9.53 Å². The van der Waals surface area contributed by atoms with Crippen molar-refractivity contribution in [3.63, 3.8) is 0 Å². The van der Waals surface area contributed by atoms with Crippen LogP contribution in [0.2, 0.25) is 0 Å². The Bertz CT molecular complexity index is 894. The number of carbonyl (C=O) groups excluding carboxylic acids is 1. The van der Waals surface area contributed by atoms with Crippen LogP contribution in [0.5, 0.6) is 5.75 Å². The van der Waals surface area contributed by atoms with Crippen LogP contribution >= 0.6 is 22.6 Å². The molecule has 128 valence electrons. The van der Waals surface area contributed by atoms with Crippen LogP contribution in [0.1, 0.15) is 15.9 Å². The minimum absolute atomic E-state index is 0.249. The molecule has 0 aliphatic heterocycles. The van der Waals surface area contributed by atoms with Crippen LogP contribution < -0.4 is 15.8 Å². The number of nitrogens with two attached hydrogens (primary N) is 1. The summed E-state index contributed by atoms with van der Waals surface area (Å²) in [5.74, 6) is 0.657. The average molecular weight is 450 g/mol. The molecule has 0 aliphatic rings. The molecule has 25 heavy (non-hydrogen) atoms. The van der Waals surface area contributed by atoms with Gasteiger partial charge in [-0.25, -0.2) is 4.68 Å². The van der Waals surface area contributed by atoms with Gasteiger partial charge in [-0.3, -0.25) is 10.1 Å². The van der Waals surface area contributed by atoms with Crippen molar-refractivity contribution in [2.45, 2.75) is 6.54 Å². The fraction of sp³-hybridized carbons (Fsp3) is 0.125. The molecular formula is C16H15IN6O2. The first-order valence-electron chi connectivity index (χ1n) is 7.32. The second-order valence-corrected chi connectivity index (χ2v) is 6.44. The normalized spacial score (nSPS) is 10.5. The summed E-state index contributed by atoms with van der Waals surface area (Å²) in [6, 6.07) is 12.8. The number of amides is 1. The molecule has 0 unspecified atom stereocenters. The summed E-state index contributed by atoms with van der Waals surface area (Å²) in [7, 11) is 1.61. The van der Waals surface area contributed by atoms with Gasteiger partial charge in [0.2, 0.25) is 5.95 Å². The van der Waals surface area contributed by atoms with Gasteiger partial charge in [-0.2, -0.15) is 0 Å². The number of anilines is 2. The monoisotopic (exact) mass is 450 g/mol. The molecule has 0 radical (unpaired) electrons. The summed E-state index contributed by atoms with van der Waals surface area (Å²) < 4.78 is 7.55. The summed E-state index contributed by atoms with van der Waals surface area (Å²) in [4.78, 5) is 12.5. The van der Waals surface area contributed by atoms with E-state index in [9.17, 15) is 4.79 Å². The Morgan fingerprint density at radius 1 is 1.28 bits per heavy atom. The smallest absolute Gasteiger partial charge is 0.260 e. The maximum Gasteiger partial charge on any atom is 0.260 e. The molecule has 1 aromatic heterocycles. The molecule has 0 atom stereocenters. The second kappa shape index (κ2) is 7.47. The molecule has 9 heteroatoms. The fourth-order valence-electron chi connectivity index (χ4n) is 2.20. The van der Waals surface area contributed by atoms with Gasteiger partial charge in [0, 0.05) is 9.26 Å². The van der Waals surface area contributed by atoms with Gasteiger partial charge >= 0.3 is 0 Å². The van der Waals surface area contributed by atoms with Crippen molar-refractivity contribution in [3.8, 4) is 5.75 Å². The predicted octanol–water partition coefficient (Wildman–Crippen LogP) is 2.17. The minimum atomic E-state index is -0.359. The van der Waals surface area contributed by atoms with Gasteiger partial charge in [0.05, 0.1) is 19.2 Å². The van der Waals surface area contributed by atoms with Gasteiger partial charge in [0.25, 0.3) is 5.91 Å². The number of nitrogen functional groups attached to an aromatic ring is 1. The molecule has 2 aromatic carbocycles. The number of tetrazole rings is 1. The SMILES string of the molecule is COc1ccc(Cn2nnnc2NC(=O)c2cc(I)ccc2N)cc1. The van der Waals surface area contributed by atoms with Crippen LogP contribution in [-0.2, 0) is 6.54 Å². The van der Waals surface area contributed by atoms with Gasteiger partial charge in [0.15, 0.2) is 0 Å². The number of hydrogen-bond acceptors (Lipinski definition) is 6. The topological polar surface area (TPSA) is 108 Å². The average Bonchev–Trinajstić information content (AvgIpc) is 3.04. The molecule has 0 saturated heterocycles. The van der Waals surface area contributed by atoms with Gasteiger partial charge in [-0.05, 0) is 68.9 Å². The van der Waals surface area contributed by atoms with Gasteiger partial charge in [-0.1, -0.05) is 17.2 Å². The summed E-state index contributed by atoms with van der Waals surface area (Å²) in [5.41, 5.74) is 7.62. The zero-order valence-corrected chi connectivity index (χ0v) is 15.5. The minimum Gasteiger partial charge on any atom is -0.497 e.